The number of hydrazone groups is 1. The molecular weight excluding hydrogens is 486 g/mol. The van der Waals surface area contributed by atoms with E-state index in [1.165, 1.54) is 6.21 Å². The Hall–Kier alpha value is -2.58. The zero-order valence-electron chi connectivity index (χ0n) is 17.4. The number of rotatable bonds is 11. The molecule has 0 spiro atoms. The van der Waals surface area contributed by atoms with Crippen LogP contribution in [0.25, 0.3) is 0 Å². The third-order valence-corrected chi connectivity index (χ3v) is 4.83. The molecule has 2 rings (SSSR count). The van der Waals surface area contributed by atoms with Crippen LogP contribution in [0.2, 0.25) is 5.02 Å². The molecule has 0 bridgehead atoms. The van der Waals surface area contributed by atoms with Crippen LogP contribution in [0.4, 0.5) is 5.69 Å². The normalized spacial score (nSPS) is 10.7. The summed E-state index contributed by atoms with van der Waals surface area (Å²) in [5, 5.41) is 7.07. The van der Waals surface area contributed by atoms with Crippen molar-refractivity contribution in [3.63, 3.8) is 0 Å². The molecule has 2 N–H and O–H groups in total. The highest BCUT2D eigenvalue weighted by atomic mass is 79.9. The summed E-state index contributed by atoms with van der Waals surface area (Å²) < 4.78 is 12.1. The van der Waals surface area contributed by atoms with Crippen molar-refractivity contribution >= 4 is 51.2 Å². The Morgan fingerprint density at radius 1 is 1.13 bits per heavy atom. The van der Waals surface area contributed by atoms with Gasteiger partial charge in [0.15, 0.2) is 11.5 Å². The van der Waals surface area contributed by atoms with E-state index in [1.54, 1.807) is 30.3 Å². The fourth-order valence-electron chi connectivity index (χ4n) is 2.51. The first-order chi connectivity index (χ1) is 14.9. The first-order valence-electron chi connectivity index (χ1n) is 9.90. The molecular formula is C22H25BrClN3O4. The summed E-state index contributed by atoms with van der Waals surface area (Å²) in [5.41, 5.74) is 3.65. The van der Waals surface area contributed by atoms with E-state index in [4.69, 9.17) is 21.1 Å². The molecule has 0 aromatic heterocycles. The minimum atomic E-state index is -0.377. The van der Waals surface area contributed by atoms with Crippen molar-refractivity contribution < 1.29 is 19.1 Å². The number of para-hydroxylation sites is 1. The second-order valence-electron chi connectivity index (χ2n) is 6.43. The van der Waals surface area contributed by atoms with Gasteiger partial charge in [0.2, 0.25) is 11.8 Å². The Morgan fingerprint density at radius 2 is 1.87 bits per heavy atom. The number of nitrogens with zero attached hydrogens (tertiary/aromatic N) is 1. The standard InChI is InChI=1S/C22H25BrClN3O4/c1-3-11-31-22-16(23)12-15(13-19(22)30-4-2)14-25-27-21(29)10-9-20(28)26-18-8-6-5-7-17(18)24/h5-8,12-14H,3-4,9-11H2,1-2H3,(H,26,28)(H,27,29). The first-order valence-corrected chi connectivity index (χ1v) is 11.1. The molecule has 31 heavy (non-hydrogen) atoms. The lowest BCUT2D eigenvalue weighted by Crippen LogP contribution is -2.20. The molecule has 0 heterocycles. The van der Waals surface area contributed by atoms with Gasteiger partial charge in [-0.25, -0.2) is 5.43 Å². The molecule has 0 atom stereocenters. The highest BCUT2D eigenvalue weighted by Gasteiger charge is 2.12. The zero-order valence-corrected chi connectivity index (χ0v) is 19.8. The average molecular weight is 511 g/mol. The third kappa shape index (κ3) is 8.22. The van der Waals surface area contributed by atoms with Gasteiger partial charge in [0.1, 0.15) is 0 Å². The predicted molar refractivity (Wildman–Crippen MR) is 126 cm³/mol. The molecule has 9 heteroatoms. The van der Waals surface area contributed by atoms with E-state index in [0.29, 0.717) is 35.4 Å². The van der Waals surface area contributed by atoms with Crippen molar-refractivity contribution in [3.8, 4) is 11.5 Å². The number of halogens is 2. The monoisotopic (exact) mass is 509 g/mol. The van der Waals surface area contributed by atoms with Gasteiger partial charge < -0.3 is 14.8 Å². The van der Waals surface area contributed by atoms with Crippen LogP contribution < -0.4 is 20.2 Å². The second kappa shape index (κ2) is 13.0. The number of amides is 2. The maximum absolute atomic E-state index is 12.0. The maximum Gasteiger partial charge on any atom is 0.240 e. The minimum absolute atomic E-state index is 0.00862. The summed E-state index contributed by atoms with van der Waals surface area (Å²) in [5.74, 6) is 0.543. The predicted octanol–water partition coefficient (Wildman–Crippen LogP) is 5.16. The topological polar surface area (TPSA) is 89.0 Å². The van der Waals surface area contributed by atoms with Crippen LogP contribution in [0.3, 0.4) is 0 Å². The van der Waals surface area contributed by atoms with Crippen molar-refractivity contribution in [2.45, 2.75) is 33.1 Å². The number of hydrogen-bond acceptors (Lipinski definition) is 5. The largest absolute Gasteiger partial charge is 0.490 e. The number of benzene rings is 2. The highest BCUT2D eigenvalue weighted by molar-refractivity contribution is 9.10. The van der Waals surface area contributed by atoms with Crippen molar-refractivity contribution in [1.29, 1.82) is 0 Å². The van der Waals surface area contributed by atoms with Crippen LogP contribution >= 0.6 is 27.5 Å². The van der Waals surface area contributed by atoms with E-state index in [-0.39, 0.29) is 24.7 Å². The number of carbonyl (C=O) groups excluding carboxylic acids is 2. The number of ether oxygens (including phenoxy) is 2. The molecule has 0 aliphatic carbocycles. The summed E-state index contributed by atoms with van der Waals surface area (Å²) in [6.07, 6.45) is 2.38. The van der Waals surface area contributed by atoms with E-state index in [2.05, 4.69) is 31.8 Å². The highest BCUT2D eigenvalue weighted by Crippen LogP contribution is 2.36. The van der Waals surface area contributed by atoms with E-state index >= 15 is 0 Å². The fourth-order valence-corrected chi connectivity index (χ4v) is 3.26. The molecule has 0 aliphatic rings. The Balaban J connectivity index is 1.88. The maximum atomic E-state index is 12.0. The Bertz CT molecular complexity index is 937. The second-order valence-corrected chi connectivity index (χ2v) is 7.69. The lowest BCUT2D eigenvalue weighted by molar-refractivity contribution is -0.124. The van der Waals surface area contributed by atoms with E-state index in [0.717, 1.165) is 16.5 Å². The van der Waals surface area contributed by atoms with Gasteiger partial charge in [-0.3, -0.25) is 9.59 Å². The summed E-state index contributed by atoms with van der Waals surface area (Å²) in [6.45, 7) is 4.98. The van der Waals surface area contributed by atoms with Crippen molar-refractivity contribution in [3.05, 3.63) is 51.5 Å². The molecule has 2 aromatic rings. The Kier molecular flexibility index (Phi) is 10.3. The van der Waals surface area contributed by atoms with Crippen molar-refractivity contribution in [1.82, 2.24) is 5.43 Å². The molecule has 0 saturated carbocycles. The number of anilines is 1. The third-order valence-electron chi connectivity index (χ3n) is 3.91. The van der Waals surface area contributed by atoms with E-state index < -0.39 is 0 Å². The van der Waals surface area contributed by atoms with Crippen LogP contribution in [-0.4, -0.2) is 31.2 Å². The molecule has 0 fully saturated rings. The summed E-state index contributed by atoms with van der Waals surface area (Å²) >= 11 is 9.49. The molecule has 0 aliphatic heterocycles. The van der Waals surface area contributed by atoms with Crippen LogP contribution in [0.1, 0.15) is 38.7 Å². The zero-order chi connectivity index (χ0) is 22.6. The first kappa shape index (κ1) is 24.7. The van der Waals surface area contributed by atoms with Gasteiger partial charge in [-0.1, -0.05) is 30.7 Å². The lowest BCUT2D eigenvalue weighted by atomic mass is 10.2. The molecule has 0 saturated heterocycles. The Morgan fingerprint density at radius 3 is 2.58 bits per heavy atom. The molecule has 166 valence electrons. The van der Waals surface area contributed by atoms with Crippen molar-refractivity contribution in [2.24, 2.45) is 5.10 Å². The molecule has 7 nitrogen and oxygen atoms in total. The van der Waals surface area contributed by atoms with Gasteiger partial charge >= 0.3 is 0 Å². The van der Waals surface area contributed by atoms with Crippen LogP contribution in [0.5, 0.6) is 11.5 Å². The van der Waals surface area contributed by atoms with Gasteiger partial charge in [-0.05, 0) is 59.1 Å². The summed E-state index contributed by atoms with van der Waals surface area (Å²) in [6, 6.07) is 10.5. The van der Waals surface area contributed by atoms with Gasteiger partial charge in [0.05, 0.1) is 34.6 Å². The quantitative estimate of drug-likeness (QED) is 0.323. The number of carbonyl (C=O) groups is 2. The molecule has 2 amide bonds. The summed E-state index contributed by atoms with van der Waals surface area (Å²) in [7, 11) is 0. The van der Waals surface area contributed by atoms with E-state index in [1.807, 2.05) is 19.9 Å². The molecule has 0 radical (unpaired) electrons. The fraction of sp³-hybridized carbons (Fsp3) is 0.318. The van der Waals surface area contributed by atoms with Gasteiger partial charge in [0.25, 0.3) is 0 Å². The minimum Gasteiger partial charge on any atom is -0.490 e. The van der Waals surface area contributed by atoms with Crippen LogP contribution in [-0.2, 0) is 9.59 Å². The van der Waals surface area contributed by atoms with Crippen LogP contribution in [0.15, 0.2) is 46.0 Å². The Labute approximate surface area is 195 Å². The molecule has 2 aromatic carbocycles. The van der Waals surface area contributed by atoms with Gasteiger partial charge in [-0.15, -0.1) is 0 Å². The van der Waals surface area contributed by atoms with Crippen LogP contribution in [0, 0.1) is 0 Å². The molecule has 0 unspecified atom stereocenters. The summed E-state index contributed by atoms with van der Waals surface area (Å²) in [4.78, 5) is 24.0. The number of hydrogen-bond donors (Lipinski definition) is 2. The average Bonchev–Trinajstić information content (AvgIpc) is 2.74. The SMILES string of the molecule is CCCOc1c(Br)cc(C=NNC(=O)CCC(=O)Nc2ccccc2Cl)cc1OCC. The van der Waals surface area contributed by atoms with Gasteiger partial charge in [0, 0.05) is 12.8 Å². The van der Waals surface area contributed by atoms with E-state index in [9.17, 15) is 9.59 Å². The van der Waals surface area contributed by atoms with Crippen molar-refractivity contribution in [2.75, 3.05) is 18.5 Å². The van der Waals surface area contributed by atoms with Gasteiger partial charge in [-0.2, -0.15) is 5.10 Å². The smallest absolute Gasteiger partial charge is 0.240 e. The number of nitrogens with one attached hydrogen (secondary N) is 2. The lowest BCUT2D eigenvalue weighted by Gasteiger charge is -2.14.